The van der Waals surface area contributed by atoms with Crippen LogP contribution in [0, 0.1) is 6.92 Å². The number of aryl methyl sites for hydroxylation is 1. The lowest BCUT2D eigenvalue weighted by molar-refractivity contribution is -0.147. The van der Waals surface area contributed by atoms with Gasteiger partial charge in [-0.15, -0.1) is 45.9 Å². The van der Waals surface area contributed by atoms with Crippen molar-refractivity contribution in [3.8, 4) is 17.6 Å². The van der Waals surface area contributed by atoms with Crippen LogP contribution in [-0.4, -0.2) is 93.0 Å². The fourth-order valence-electron chi connectivity index (χ4n) is 12.6. The van der Waals surface area contributed by atoms with E-state index in [1.807, 2.05) is 79.7 Å². The van der Waals surface area contributed by atoms with Crippen molar-refractivity contribution in [1.82, 2.24) is 90.3 Å². The molecule has 9 aromatic heterocycles. The Morgan fingerprint density at radius 3 is 1.29 bits per heavy atom. The van der Waals surface area contributed by atoms with E-state index in [0.29, 0.717) is 88.0 Å². The van der Waals surface area contributed by atoms with E-state index >= 15 is 0 Å². The van der Waals surface area contributed by atoms with Crippen LogP contribution in [0.25, 0.3) is 49.3 Å². The first kappa shape index (κ1) is 73.7. The molecule has 30 heteroatoms. The molecule has 3 N–H and O–H groups in total. The highest BCUT2D eigenvalue weighted by molar-refractivity contribution is 5.98. The third-order valence-electron chi connectivity index (χ3n) is 18.0. The summed E-state index contributed by atoms with van der Waals surface area (Å²) >= 11 is 0. The van der Waals surface area contributed by atoms with E-state index in [9.17, 15) is 39.5 Å². The van der Waals surface area contributed by atoms with Crippen LogP contribution in [0.5, 0.6) is 17.6 Å². The number of rotatable bonds is 23. The number of nitrogens with one attached hydrogen (secondary N) is 3. The van der Waals surface area contributed by atoms with Gasteiger partial charge in [-0.25, -0.2) is 0 Å². The Hall–Kier alpha value is -12.2. The Kier molecular flexibility index (Phi) is 21.7. The van der Waals surface area contributed by atoms with Crippen LogP contribution in [0.2, 0.25) is 0 Å². The number of nitrogens with zero attached hydrogens (tertiary/aromatic N) is 15. The number of fused-ring (bicyclic) bond motifs is 9. The largest absolute Gasteiger partial charge is 0.470 e. The van der Waals surface area contributed by atoms with Gasteiger partial charge in [0.05, 0.1) is 34.2 Å². The summed E-state index contributed by atoms with van der Waals surface area (Å²) in [5, 5.41) is 46.8. The quantitative estimate of drug-likeness (QED) is 0.0505. The van der Waals surface area contributed by atoms with E-state index in [1.54, 1.807) is 78.9 Å². The number of aromatic nitrogens is 15. The number of hydrogen-bond acceptors (Lipinski definition) is 18. The third-order valence-corrected chi connectivity index (χ3v) is 18.0. The summed E-state index contributed by atoms with van der Waals surface area (Å²) in [5.41, 5.74) is 9.61. The average molecular weight is 1490 g/mol. The van der Waals surface area contributed by atoms with Crippen molar-refractivity contribution in [1.29, 1.82) is 0 Å². The molecule has 1 aliphatic rings. The van der Waals surface area contributed by atoms with E-state index in [-0.39, 0.29) is 66.5 Å². The van der Waals surface area contributed by atoms with Crippen molar-refractivity contribution in [2.45, 2.75) is 116 Å². The van der Waals surface area contributed by atoms with Gasteiger partial charge in [-0.3, -0.25) is 15.0 Å². The highest BCUT2D eigenvalue weighted by Gasteiger charge is 2.41. The topological polar surface area (TPSA) is 232 Å². The van der Waals surface area contributed by atoms with Gasteiger partial charge in [0.1, 0.15) is 19.8 Å². The number of alkyl halides is 9. The van der Waals surface area contributed by atoms with Gasteiger partial charge in [0.2, 0.25) is 17.6 Å². The molecular weight excluding hydrogens is 1420 g/mol. The molecule has 0 aliphatic heterocycles. The molecule has 4 atom stereocenters. The summed E-state index contributed by atoms with van der Waals surface area (Å²) < 4.78 is 140. The maximum Gasteiger partial charge on any atom is 0.453 e. The third kappa shape index (κ3) is 17.6. The lowest BCUT2D eigenvalue weighted by Crippen LogP contribution is -2.28. The molecule has 1 fully saturated rings. The van der Waals surface area contributed by atoms with Crippen molar-refractivity contribution < 1.29 is 53.7 Å². The molecule has 0 radical (unpaired) electrons. The molecule has 0 saturated heterocycles. The fourth-order valence-corrected chi connectivity index (χ4v) is 12.6. The van der Waals surface area contributed by atoms with E-state index < -0.39 is 36.0 Å². The standard InChI is InChI=1S/C27H25F3N6O.C26H21F3N6O.C26H23F3N6O/c1-17-7-5-8-19(15-17)13-14-31-18(2)23-12-6-9-20(32-23)16-37-25-22-11-4-3-10-21(22)24-33-34-26(27(28,29)30)36(24)35-25;27-26(28,29)25-33-32-23-19-11-4-5-12-20(19)24(34-35(23)25)36-15-18-10-6-9-17(31-18)14-30-22-13-21(22)16-7-2-1-3-8-16;1-17(14-18-8-3-2-4-9-18)30-15-19-10-7-11-20(31-19)16-36-24-22-13-6-5-12-21(22)23-32-33-25(26(27,28)29)35(23)34-24/h3-12,15,18,31H,13-14,16H2,1-2H3;1-12,21-22,30H,13-15H2;2-13,17,30H,14-16H2,1H3/t;21-,22?;17-/m.10/s1. The summed E-state index contributed by atoms with van der Waals surface area (Å²) in [6.07, 6.45) is -11.2. The molecule has 0 amide bonds. The second kappa shape index (κ2) is 32.1. The van der Waals surface area contributed by atoms with Crippen molar-refractivity contribution in [3.63, 3.8) is 0 Å². The van der Waals surface area contributed by atoms with Crippen LogP contribution >= 0.6 is 0 Å². The predicted octanol–water partition coefficient (Wildman–Crippen LogP) is 15.4. The second-order valence-corrected chi connectivity index (χ2v) is 26.1. The molecule has 2 unspecified atom stereocenters. The molecule has 556 valence electrons. The first-order valence-corrected chi connectivity index (χ1v) is 34.9. The van der Waals surface area contributed by atoms with Crippen molar-refractivity contribution in [2.75, 3.05) is 6.54 Å². The molecule has 0 spiro atoms. The zero-order chi connectivity index (χ0) is 75.8. The van der Waals surface area contributed by atoms with E-state index in [2.05, 4.69) is 151 Å². The fraction of sp³-hybridized carbons (Fsp3) is 0.241. The molecule has 9 heterocycles. The van der Waals surface area contributed by atoms with Crippen molar-refractivity contribution >= 4 is 49.3 Å². The Bertz CT molecular complexity index is 5490. The van der Waals surface area contributed by atoms with Gasteiger partial charge in [0.15, 0.2) is 16.9 Å². The minimum absolute atomic E-state index is 0.00595. The van der Waals surface area contributed by atoms with Crippen LogP contribution in [-0.2, 0) is 64.3 Å². The van der Waals surface area contributed by atoms with Crippen LogP contribution in [0.3, 0.4) is 0 Å². The summed E-state index contributed by atoms with van der Waals surface area (Å²) in [7, 11) is 0. The highest BCUT2D eigenvalue weighted by Crippen LogP contribution is 2.41. The van der Waals surface area contributed by atoms with Gasteiger partial charge >= 0.3 is 18.5 Å². The van der Waals surface area contributed by atoms with Crippen molar-refractivity contribution in [2.24, 2.45) is 0 Å². The van der Waals surface area contributed by atoms with Gasteiger partial charge in [0, 0.05) is 69.5 Å². The molecule has 1 aliphatic carbocycles. The second-order valence-electron chi connectivity index (χ2n) is 26.1. The molecule has 6 aromatic carbocycles. The molecular formula is C79H69F9N18O3. The average Bonchev–Trinajstić information content (AvgIpc) is 1.65. The zero-order valence-electron chi connectivity index (χ0n) is 58.7. The van der Waals surface area contributed by atoms with Crippen LogP contribution in [0.15, 0.2) is 212 Å². The van der Waals surface area contributed by atoms with Crippen LogP contribution in [0.1, 0.15) is 106 Å². The molecule has 109 heavy (non-hydrogen) atoms. The molecule has 0 bridgehead atoms. The summed E-state index contributed by atoms with van der Waals surface area (Å²) in [5.74, 6) is -2.94. The van der Waals surface area contributed by atoms with Gasteiger partial charge in [-0.2, -0.15) is 53.1 Å². The summed E-state index contributed by atoms with van der Waals surface area (Å²) in [4.78, 5) is 14.0. The SMILES string of the molecule is C[C@@H](Cc1ccccc1)NCc1cccc(COc2nn3c(C(F)(F)F)nnc3c3ccccc23)n1.Cc1cccc(CCNC(C)c2cccc(COc3nn4c(C(F)(F)F)nnc4c4ccccc34)n2)c1.FC(F)(F)c1nnc2c3ccccc3c(OCc3cccc(CNC4C[C@@H]4c4ccccc4)n3)nn12. The van der Waals surface area contributed by atoms with Gasteiger partial charge in [-0.1, -0.05) is 163 Å². The number of halogens is 9. The maximum absolute atomic E-state index is 13.4. The smallest absolute Gasteiger partial charge is 0.453 e. The van der Waals surface area contributed by atoms with Gasteiger partial charge in [0.25, 0.3) is 17.5 Å². The Morgan fingerprint density at radius 2 is 0.826 bits per heavy atom. The maximum atomic E-state index is 13.4. The van der Waals surface area contributed by atoms with Crippen LogP contribution < -0.4 is 30.2 Å². The Morgan fingerprint density at radius 1 is 0.422 bits per heavy atom. The van der Waals surface area contributed by atoms with E-state index in [0.717, 1.165) is 42.9 Å². The first-order valence-electron chi connectivity index (χ1n) is 34.9. The monoisotopic (exact) mass is 1490 g/mol. The van der Waals surface area contributed by atoms with Crippen LogP contribution in [0.4, 0.5) is 39.5 Å². The van der Waals surface area contributed by atoms with Crippen molar-refractivity contribution in [3.05, 3.63) is 286 Å². The summed E-state index contributed by atoms with van der Waals surface area (Å²) in [6.45, 7) is 8.35. The highest BCUT2D eigenvalue weighted by atomic mass is 19.4. The molecule has 16 rings (SSSR count). The molecule has 15 aromatic rings. The molecule has 21 nitrogen and oxygen atoms in total. The predicted molar refractivity (Wildman–Crippen MR) is 388 cm³/mol. The summed E-state index contributed by atoms with van der Waals surface area (Å²) in [6, 6.07) is 67.2. The number of ether oxygens (including phenoxy) is 3. The minimum atomic E-state index is -4.70. The zero-order valence-corrected chi connectivity index (χ0v) is 58.7. The first-order chi connectivity index (χ1) is 52.6. The normalized spacial score (nSPS) is 14.3. The van der Waals surface area contributed by atoms with E-state index in [1.165, 1.54) is 22.3 Å². The molecule has 1 saturated carbocycles. The Balaban J connectivity index is 0.000000137. The van der Waals surface area contributed by atoms with Gasteiger partial charge in [-0.05, 0) is 118 Å². The number of pyridine rings is 3. The Labute approximate surface area is 616 Å². The number of hydrogen-bond donors (Lipinski definition) is 3. The lowest BCUT2D eigenvalue weighted by Gasteiger charge is -2.15. The lowest BCUT2D eigenvalue weighted by atomic mass is 10.1. The van der Waals surface area contributed by atoms with Gasteiger partial charge < -0.3 is 30.2 Å². The minimum Gasteiger partial charge on any atom is -0.470 e. The van der Waals surface area contributed by atoms with E-state index in [4.69, 9.17) is 14.2 Å². The number of benzene rings is 6.